The maximum absolute atomic E-state index is 12.8. The molecule has 2 aliphatic rings. The standard InChI is InChI=1S/C19H27N3O3S/c23-19(21-20-17-10-4-1-2-5-11-17)16-9-8-12-18(15-16)26(24,25)22-13-6-3-7-14-22/h8-9,12,15H,1-7,10-11,13-14H2,(H,21,23). The molecule has 0 spiro atoms. The minimum Gasteiger partial charge on any atom is -0.267 e. The quantitative estimate of drug-likeness (QED) is 0.646. The molecule has 7 heteroatoms. The molecule has 0 atom stereocenters. The van der Waals surface area contributed by atoms with Crippen molar-refractivity contribution in [3.63, 3.8) is 0 Å². The van der Waals surface area contributed by atoms with E-state index in [2.05, 4.69) is 10.5 Å². The first kappa shape index (κ1) is 19.0. The van der Waals surface area contributed by atoms with Crippen molar-refractivity contribution < 1.29 is 13.2 Å². The third-order valence-corrected chi connectivity index (χ3v) is 6.94. The van der Waals surface area contributed by atoms with Gasteiger partial charge >= 0.3 is 0 Å². The fourth-order valence-corrected chi connectivity index (χ4v) is 5.06. The highest BCUT2D eigenvalue weighted by Crippen LogP contribution is 2.21. The average molecular weight is 378 g/mol. The van der Waals surface area contributed by atoms with Crippen LogP contribution in [-0.4, -0.2) is 37.4 Å². The Kier molecular flexibility index (Phi) is 6.43. The summed E-state index contributed by atoms with van der Waals surface area (Å²) < 4.78 is 27.1. The Morgan fingerprint density at radius 1 is 0.962 bits per heavy atom. The van der Waals surface area contributed by atoms with Crippen molar-refractivity contribution in [1.29, 1.82) is 0 Å². The molecule has 1 heterocycles. The number of carbonyl (C=O) groups is 1. The molecule has 0 bridgehead atoms. The predicted molar refractivity (Wildman–Crippen MR) is 102 cm³/mol. The lowest BCUT2D eigenvalue weighted by Gasteiger charge is -2.25. The fourth-order valence-electron chi connectivity index (χ4n) is 3.49. The molecule has 1 N–H and O–H groups in total. The number of rotatable bonds is 4. The van der Waals surface area contributed by atoms with Crippen LogP contribution in [0.3, 0.4) is 0 Å². The molecule has 26 heavy (non-hydrogen) atoms. The summed E-state index contributed by atoms with van der Waals surface area (Å²) in [6.45, 7) is 1.10. The zero-order valence-corrected chi connectivity index (χ0v) is 15.9. The van der Waals surface area contributed by atoms with Crippen molar-refractivity contribution >= 4 is 21.6 Å². The number of amides is 1. The second kappa shape index (κ2) is 8.77. The number of nitrogens with zero attached hydrogens (tertiary/aromatic N) is 2. The molecule has 1 aliphatic heterocycles. The molecule has 3 rings (SSSR count). The lowest BCUT2D eigenvalue weighted by Crippen LogP contribution is -2.35. The number of benzene rings is 1. The van der Waals surface area contributed by atoms with Crippen molar-refractivity contribution in [3.05, 3.63) is 29.8 Å². The van der Waals surface area contributed by atoms with Crippen LogP contribution in [-0.2, 0) is 10.0 Å². The van der Waals surface area contributed by atoms with Gasteiger partial charge in [-0.1, -0.05) is 25.3 Å². The highest BCUT2D eigenvalue weighted by Gasteiger charge is 2.26. The molecule has 0 radical (unpaired) electrons. The van der Waals surface area contributed by atoms with Crippen molar-refractivity contribution in [2.24, 2.45) is 5.10 Å². The lowest BCUT2D eigenvalue weighted by molar-refractivity contribution is 0.0954. The first-order valence-electron chi connectivity index (χ1n) is 9.53. The summed E-state index contributed by atoms with van der Waals surface area (Å²) in [5, 5.41) is 4.26. The fraction of sp³-hybridized carbons (Fsp3) is 0.579. The molecule has 2 fully saturated rings. The third kappa shape index (κ3) is 4.71. The molecular formula is C19H27N3O3S. The summed E-state index contributed by atoms with van der Waals surface area (Å²) in [6.07, 6.45) is 9.32. The molecule has 1 saturated carbocycles. The molecule has 1 saturated heterocycles. The Hall–Kier alpha value is -1.73. The van der Waals surface area contributed by atoms with Gasteiger partial charge in [0.25, 0.3) is 5.91 Å². The summed E-state index contributed by atoms with van der Waals surface area (Å²) in [5.41, 5.74) is 3.94. The van der Waals surface area contributed by atoms with Gasteiger partial charge in [0.15, 0.2) is 0 Å². The van der Waals surface area contributed by atoms with Gasteiger partial charge in [0, 0.05) is 24.4 Å². The van der Waals surface area contributed by atoms with Gasteiger partial charge in [0.05, 0.1) is 4.90 Å². The number of hydrogen-bond acceptors (Lipinski definition) is 4. The van der Waals surface area contributed by atoms with Gasteiger partial charge in [-0.2, -0.15) is 9.41 Å². The maximum atomic E-state index is 12.8. The Morgan fingerprint density at radius 3 is 2.31 bits per heavy atom. The zero-order valence-electron chi connectivity index (χ0n) is 15.1. The lowest BCUT2D eigenvalue weighted by atomic mass is 10.2. The van der Waals surface area contributed by atoms with Crippen LogP contribution in [0.2, 0.25) is 0 Å². The molecule has 1 aromatic rings. The molecule has 0 unspecified atom stereocenters. The van der Waals surface area contributed by atoms with Crippen molar-refractivity contribution in [3.8, 4) is 0 Å². The second-order valence-corrected chi connectivity index (χ2v) is 8.96. The minimum absolute atomic E-state index is 0.175. The summed E-state index contributed by atoms with van der Waals surface area (Å²) in [4.78, 5) is 12.6. The van der Waals surface area contributed by atoms with Crippen LogP contribution in [0.4, 0.5) is 0 Å². The summed E-state index contributed by atoms with van der Waals surface area (Å²) >= 11 is 0. The molecule has 1 aliphatic carbocycles. The smallest absolute Gasteiger partial charge is 0.267 e. The van der Waals surface area contributed by atoms with Crippen LogP contribution >= 0.6 is 0 Å². The number of hydrazone groups is 1. The molecule has 6 nitrogen and oxygen atoms in total. The topological polar surface area (TPSA) is 78.8 Å². The number of hydrogen-bond donors (Lipinski definition) is 1. The SMILES string of the molecule is O=C(NN=C1CCCCCC1)c1cccc(S(=O)(=O)N2CCCCC2)c1. The van der Waals surface area contributed by atoms with Gasteiger partial charge in [0.2, 0.25) is 10.0 Å². The molecule has 0 aromatic heterocycles. The Morgan fingerprint density at radius 2 is 1.62 bits per heavy atom. The molecule has 142 valence electrons. The van der Waals surface area contributed by atoms with Gasteiger partial charge in [-0.15, -0.1) is 0 Å². The van der Waals surface area contributed by atoms with Gasteiger partial charge in [-0.3, -0.25) is 4.79 Å². The summed E-state index contributed by atoms with van der Waals surface area (Å²) in [7, 11) is -3.54. The van der Waals surface area contributed by atoms with Gasteiger partial charge in [0.1, 0.15) is 0 Å². The van der Waals surface area contributed by atoms with Crippen LogP contribution in [0.25, 0.3) is 0 Å². The minimum atomic E-state index is -3.54. The van der Waals surface area contributed by atoms with E-state index in [1.165, 1.54) is 23.2 Å². The first-order valence-corrected chi connectivity index (χ1v) is 11.0. The average Bonchev–Trinajstić information content (AvgIpc) is 2.96. The predicted octanol–water partition coefficient (Wildman–Crippen LogP) is 3.30. The number of carbonyl (C=O) groups excluding carboxylic acids is 1. The largest absolute Gasteiger partial charge is 0.271 e. The number of piperidine rings is 1. The van der Waals surface area contributed by atoms with Crippen LogP contribution in [0.1, 0.15) is 68.1 Å². The van der Waals surface area contributed by atoms with Crippen LogP contribution in [0.15, 0.2) is 34.3 Å². The van der Waals surface area contributed by atoms with Crippen LogP contribution < -0.4 is 5.43 Å². The second-order valence-electron chi connectivity index (χ2n) is 7.03. The van der Waals surface area contributed by atoms with Crippen LogP contribution in [0.5, 0.6) is 0 Å². The summed E-state index contributed by atoms with van der Waals surface area (Å²) in [5.74, 6) is -0.363. The van der Waals surface area contributed by atoms with Gasteiger partial charge in [-0.25, -0.2) is 13.8 Å². The van der Waals surface area contributed by atoms with E-state index in [1.807, 2.05) is 0 Å². The Bertz CT molecular complexity index is 758. The first-order chi connectivity index (χ1) is 12.6. The highest BCUT2D eigenvalue weighted by atomic mass is 32.2. The van der Waals surface area contributed by atoms with Crippen LogP contribution in [0, 0.1) is 0 Å². The van der Waals surface area contributed by atoms with E-state index in [0.29, 0.717) is 18.7 Å². The summed E-state index contributed by atoms with van der Waals surface area (Å²) in [6, 6.07) is 6.24. The van der Waals surface area contributed by atoms with E-state index in [9.17, 15) is 13.2 Å². The zero-order chi connectivity index (χ0) is 18.4. The molecule has 1 amide bonds. The van der Waals surface area contributed by atoms with E-state index < -0.39 is 10.0 Å². The Labute approximate surface area is 155 Å². The van der Waals surface area contributed by atoms with E-state index in [4.69, 9.17) is 0 Å². The van der Waals surface area contributed by atoms with Crippen molar-refractivity contribution in [2.45, 2.75) is 62.7 Å². The number of sulfonamides is 1. The van der Waals surface area contributed by atoms with E-state index in [1.54, 1.807) is 18.2 Å². The van der Waals surface area contributed by atoms with Crippen molar-refractivity contribution in [2.75, 3.05) is 13.1 Å². The van der Waals surface area contributed by atoms with Gasteiger partial charge in [-0.05, 0) is 56.7 Å². The monoisotopic (exact) mass is 377 g/mol. The molecular weight excluding hydrogens is 350 g/mol. The van der Waals surface area contributed by atoms with E-state index >= 15 is 0 Å². The van der Waals surface area contributed by atoms with Gasteiger partial charge < -0.3 is 0 Å². The maximum Gasteiger partial charge on any atom is 0.271 e. The number of nitrogens with one attached hydrogen (secondary N) is 1. The van der Waals surface area contributed by atoms with E-state index in [-0.39, 0.29) is 10.8 Å². The Balaban J connectivity index is 1.71. The third-order valence-electron chi connectivity index (χ3n) is 5.05. The molecule has 1 aromatic carbocycles. The van der Waals surface area contributed by atoms with Crippen molar-refractivity contribution in [1.82, 2.24) is 9.73 Å². The highest BCUT2D eigenvalue weighted by molar-refractivity contribution is 7.89. The van der Waals surface area contributed by atoms with E-state index in [0.717, 1.165) is 50.7 Å². The normalized spacial score (nSPS) is 19.6.